The molecule has 0 saturated carbocycles. The fraction of sp³-hybridized carbons (Fsp3) is 0.200. The van der Waals surface area contributed by atoms with Crippen molar-refractivity contribution >= 4 is 17.7 Å². The van der Waals surface area contributed by atoms with E-state index in [0.29, 0.717) is 5.69 Å². The van der Waals surface area contributed by atoms with Gasteiger partial charge in [-0.15, -0.1) is 0 Å². The SMILES string of the molecule is COC(=O)Cc1cccc(NC(N)=O)c1. The first-order valence-electron chi connectivity index (χ1n) is 4.34. The minimum Gasteiger partial charge on any atom is -0.469 e. The summed E-state index contributed by atoms with van der Waals surface area (Å²) in [6.07, 6.45) is 0.171. The van der Waals surface area contributed by atoms with Crippen LogP contribution in [0.4, 0.5) is 10.5 Å². The number of carbonyl (C=O) groups is 2. The van der Waals surface area contributed by atoms with Crippen LogP contribution < -0.4 is 11.1 Å². The molecule has 0 radical (unpaired) electrons. The molecule has 5 heteroatoms. The molecule has 1 aromatic rings. The smallest absolute Gasteiger partial charge is 0.316 e. The molecule has 0 aliphatic heterocycles. The van der Waals surface area contributed by atoms with Gasteiger partial charge in [-0.25, -0.2) is 4.79 Å². The Morgan fingerprint density at radius 1 is 1.47 bits per heavy atom. The van der Waals surface area contributed by atoms with E-state index in [-0.39, 0.29) is 12.4 Å². The number of rotatable bonds is 3. The van der Waals surface area contributed by atoms with Crippen LogP contribution in [0.5, 0.6) is 0 Å². The fourth-order valence-electron chi connectivity index (χ4n) is 1.14. The minimum atomic E-state index is -0.634. The molecular weight excluding hydrogens is 196 g/mol. The van der Waals surface area contributed by atoms with Crippen molar-refractivity contribution in [3.8, 4) is 0 Å². The largest absolute Gasteiger partial charge is 0.469 e. The van der Waals surface area contributed by atoms with Gasteiger partial charge in [0.2, 0.25) is 0 Å². The minimum absolute atomic E-state index is 0.171. The maximum atomic E-state index is 11.0. The van der Waals surface area contributed by atoms with Crippen LogP contribution in [0.1, 0.15) is 5.56 Å². The third-order valence-electron chi connectivity index (χ3n) is 1.77. The van der Waals surface area contributed by atoms with E-state index in [9.17, 15) is 9.59 Å². The zero-order valence-corrected chi connectivity index (χ0v) is 8.32. The summed E-state index contributed by atoms with van der Waals surface area (Å²) in [7, 11) is 1.33. The number of carbonyl (C=O) groups excluding carboxylic acids is 2. The summed E-state index contributed by atoms with van der Waals surface area (Å²) in [4.78, 5) is 21.6. The van der Waals surface area contributed by atoms with Gasteiger partial charge in [-0.3, -0.25) is 4.79 Å². The molecule has 3 N–H and O–H groups in total. The van der Waals surface area contributed by atoms with Gasteiger partial charge in [-0.05, 0) is 17.7 Å². The number of nitrogens with one attached hydrogen (secondary N) is 1. The van der Waals surface area contributed by atoms with Gasteiger partial charge in [0.1, 0.15) is 0 Å². The van der Waals surface area contributed by atoms with E-state index in [0.717, 1.165) is 5.56 Å². The van der Waals surface area contributed by atoms with Crippen molar-refractivity contribution in [2.24, 2.45) is 5.73 Å². The highest BCUT2D eigenvalue weighted by molar-refractivity contribution is 5.88. The van der Waals surface area contributed by atoms with Gasteiger partial charge in [0.15, 0.2) is 0 Å². The number of ether oxygens (including phenoxy) is 1. The van der Waals surface area contributed by atoms with Crippen LogP contribution in [0.25, 0.3) is 0 Å². The molecule has 0 unspecified atom stereocenters. The number of methoxy groups -OCH3 is 1. The Hall–Kier alpha value is -2.04. The Balaban J connectivity index is 2.74. The van der Waals surface area contributed by atoms with Crippen molar-refractivity contribution in [2.75, 3.05) is 12.4 Å². The lowest BCUT2D eigenvalue weighted by Crippen LogP contribution is -2.19. The molecule has 5 nitrogen and oxygen atoms in total. The quantitative estimate of drug-likeness (QED) is 0.724. The average molecular weight is 208 g/mol. The number of amides is 2. The monoisotopic (exact) mass is 208 g/mol. The lowest BCUT2D eigenvalue weighted by Gasteiger charge is -2.04. The van der Waals surface area contributed by atoms with E-state index in [1.165, 1.54) is 7.11 Å². The van der Waals surface area contributed by atoms with Crippen molar-refractivity contribution in [2.45, 2.75) is 6.42 Å². The second-order valence-electron chi connectivity index (χ2n) is 2.94. The molecule has 0 aromatic heterocycles. The zero-order valence-electron chi connectivity index (χ0n) is 8.32. The van der Waals surface area contributed by atoms with Crippen molar-refractivity contribution in [3.05, 3.63) is 29.8 Å². The van der Waals surface area contributed by atoms with Crippen LogP contribution in [0.15, 0.2) is 24.3 Å². The highest BCUT2D eigenvalue weighted by atomic mass is 16.5. The lowest BCUT2D eigenvalue weighted by atomic mass is 10.1. The first-order valence-corrected chi connectivity index (χ1v) is 4.34. The molecule has 0 fully saturated rings. The maximum absolute atomic E-state index is 11.0. The molecule has 0 saturated heterocycles. The van der Waals surface area contributed by atoms with E-state index in [4.69, 9.17) is 5.73 Å². The van der Waals surface area contributed by atoms with Gasteiger partial charge in [-0.2, -0.15) is 0 Å². The standard InChI is InChI=1S/C10H12N2O3/c1-15-9(13)6-7-3-2-4-8(5-7)12-10(11)14/h2-5H,6H2,1H3,(H3,11,12,14). The van der Waals surface area contributed by atoms with Gasteiger partial charge in [0.25, 0.3) is 0 Å². The van der Waals surface area contributed by atoms with Gasteiger partial charge in [0, 0.05) is 5.69 Å². The Morgan fingerprint density at radius 3 is 2.80 bits per heavy atom. The average Bonchev–Trinajstić information content (AvgIpc) is 2.17. The van der Waals surface area contributed by atoms with Crippen molar-refractivity contribution in [1.82, 2.24) is 0 Å². The Kier molecular flexibility index (Phi) is 3.68. The van der Waals surface area contributed by atoms with Gasteiger partial charge < -0.3 is 15.8 Å². The van der Waals surface area contributed by atoms with Crippen LogP contribution in [0.3, 0.4) is 0 Å². The number of urea groups is 1. The predicted molar refractivity (Wildman–Crippen MR) is 55.4 cm³/mol. The van der Waals surface area contributed by atoms with Crippen LogP contribution in [-0.4, -0.2) is 19.1 Å². The third kappa shape index (κ3) is 3.68. The molecule has 0 bridgehead atoms. The van der Waals surface area contributed by atoms with Crippen LogP contribution in [-0.2, 0) is 16.0 Å². The number of primary amides is 1. The summed E-state index contributed by atoms with van der Waals surface area (Å²) in [6.45, 7) is 0. The Bertz CT molecular complexity index is 377. The Labute approximate surface area is 87.2 Å². The van der Waals surface area contributed by atoms with E-state index >= 15 is 0 Å². The molecule has 80 valence electrons. The molecule has 0 heterocycles. The van der Waals surface area contributed by atoms with E-state index < -0.39 is 6.03 Å². The number of esters is 1. The number of hydrogen-bond acceptors (Lipinski definition) is 3. The van der Waals surface area contributed by atoms with Gasteiger partial charge in [-0.1, -0.05) is 12.1 Å². The first-order chi connectivity index (χ1) is 7.11. The highest BCUT2D eigenvalue weighted by Gasteiger charge is 2.03. The molecule has 0 atom stereocenters. The second kappa shape index (κ2) is 4.99. The molecule has 15 heavy (non-hydrogen) atoms. The third-order valence-corrected chi connectivity index (χ3v) is 1.77. The number of anilines is 1. The zero-order chi connectivity index (χ0) is 11.3. The molecule has 1 aromatic carbocycles. The fourth-order valence-corrected chi connectivity index (χ4v) is 1.14. The van der Waals surface area contributed by atoms with Crippen molar-refractivity contribution in [3.63, 3.8) is 0 Å². The van der Waals surface area contributed by atoms with E-state index in [1.807, 2.05) is 0 Å². The molecule has 0 aliphatic carbocycles. The Morgan fingerprint density at radius 2 is 2.20 bits per heavy atom. The molecule has 2 amide bonds. The topological polar surface area (TPSA) is 81.4 Å². The summed E-state index contributed by atoms with van der Waals surface area (Å²) in [5.74, 6) is -0.328. The summed E-state index contributed by atoms with van der Waals surface area (Å²) < 4.78 is 4.52. The lowest BCUT2D eigenvalue weighted by molar-refractivity contribution is -0.139. The van der Waals surface area contributed by atoms with E-state index in [2.05, 4.69) is 10.1 Å². The van der Waals surface area contributed by atoms with Crippen LogP contribution >= 0.6 is 0 Å². The van der Waals surface area contributed by atoms with Crippen LogP contribution in [0.2, 0.25) is 0 Å². The second-order valence-corrected chi connectivity index (χ2v) is 2.94. The van der Waals surface area contributed by atoms with Gasteiger partial charge in [0.05, 0.1) is 13.5 Å². The molecular formula is C10H12N2O3. The summed E-state index contributed by atoms with van der Waals surface area (Å²) in [5, 5.41) is 2.42. The van der Waals surface area contributed by atoms with Crippen molar-refractivity contribution in [1.29, 1.82) is 0 Å². The summed E-state index contributed by atoms with van der Waals surface area (Å²) in [5.41, 5.74) is 6.28. The van der Waals surface area contributed by atoms with Crippen molar-refractivity contribution < 1.29 is 14.3 Å². The van der Waals surface area contributed by atoms with Crippen LogP contribution in [0, 0.1) is 0 Å². The summed E-state index contributed by atoms with van der Waals surface area (Å²) >= 11 is 0. The number of hydrogen-bond donors (Lipinski definition) is 2. The molecule has 0 aliphatic rings. The number of benzene rings is 1. The number of nitrogens with two attached hydrogens (primary N) is 1. The molecule has 0 spiro atoms. The molecule has 1 rings (SSSR count). The highest BCUT2D eigenvalue weighted by Crippen LogP contribution is 2.11. The van der Waals surface area contributed by atoms with E-state index in [1.54, 1.807) is 24.3 Å². The van der Waals surface area contributed by atoms with Gasteiger partial charge >= 0.3 is 12.0 Å². The maximum Gasteiger partial charge on any atom is 0.316 e. The first kappa shape index (κ1) is 11.0. The predicted octanol–water partition coefficient (Wildman–Crippen LogP) is 0.893. The summed E-state index contributed by atoms with van der Waals surface area (Å²) in [6, 6.07) is 6.21. The normalized spacial score (nSPS) is 9.40.